The van der Waals surface area contributed by atoms with Crippen LogP contribution in [0.4, 0.5) is 4.79 Å². The number of carbonyl (C=O) groups excluding carboxylic acids is 6. The fourth-order valence-electron chi connectivity index (χ4n) is 3.96. The number of ketones is 1. The van der Waals surface area contributed by atoms with Gasteiger partial charge in [-0.3, -0.25) is 24.0 Å². The van der Waals surface area contributed by atoms with Crippen molar-refractivity contribution in [2.24, 2.45) is 28.7 Å². The van der Waals surface area contributed by atoms with Crippen LogP contribution in [0.2, 0.25) is 0 Å². The third-order valence-corrected chi connectivity index (χ3v) is 5.94. The van der Waals surface area contributed by atoms with Crippen molar-refractivity contribution in [2.75, 3.05) is 13.1 Å². The van der Waals surface area contributed by atoms with Gasteiger partial charge in [-0.25, -0.2) is 4.79 Å². The molecular weight excluding hydrogens is 564 g/mol. The number of urea groups is 1. The Balaban J connectivity index is -0.00000131. The van der Waals surface area contributed by atoms with Crippen LogP contribution in [0, 0.1) is 17.3 Å². The Hall–Kier alpha value is -3.18. The van der Waals surface area contributed by atoms with E-state index in [1.165, 1.54) is 24.2 Å². The van der Waals surface area contributed by atoms with Crippen LogP contribution < -0.4 is 27.4 Å². The molecule has 1 fully saturated rings. The minimum atomic E-state index is -1.14. The summed E-state index contributed by atoms with van der Waals surface area (Å²) in [6, 6.07) is -3.69. The van der Waals surface area contributed by atoms with E-state index in [1.807, 2.05) is 27.7 Å². The van der Waals surface area contributed by atoms with Gasteiger partial charge in [-0.2, -0.15) is 0 Å². The SMILES string of the molecule is CC.CC(C)C.CC(C)CC(NC(=O)C1CCCN1C(=O)C(NC(=O)NCC(N)=O)C(C)(C)C)C(=O)C(N)=O.CCCCC. The van der Waals surface area contributed by atoms with Gasteiger partial charge in [0.05, 0.1) is 12.6 Å². The van der Waals surface area contributed by atoms with Gasteiger partial charge >= 0.3 is 6.03 Å². The lowest BCUT2D eigenvalue weighted by Crippen LogP contribution is -2.60. The second-order valence-corrected chi connectivity index (χ2v) is 12.8. The maximum atomic E-state index is 13.4. The van der Waals surface area contributed by atoms with Gasteiger partial charge in [0, 0.05) is 6.54 Å². The number of carbonyl (C=O) groups is 6. The number of amides is 6. The molecule has 12 heteroatoms. The summed E-state index contributed by atoms with van der Waals surface area (Å²) in [5, 5.41) is 7.40. The molecule has 6 amide bonds. The molecule has 1 rings (SSSR count). The molecule has 0 aromatic rings. The second-order valence-electron chi connectivity index (χ2n) is 12.8. The third-order valence-electron chi connectivity index (χ3n) is 5.94. The minimum Gasteiger partial charge on any atom is -0.368 e. The van der Waals surface area contributed by atoms with E-state index in [0.717, 1.165) is 5.92 Å². The number of primary amides is 2. The van der Waals surface area contributed by atoms with Gasteiger partial charge in [0.1, 0.15) is 12.1 Å². The van der Waals surface area contributed by atoms with E-state index < -0.39 is 65.5 Å². The normalized spacial score (nSPS) is 15.2. The predicted octanol–water partition coefficient (Wildman–Crippen LogP) is 3.65. The summed E-state index contributed by atoms with van der Waals surface area (Å²) >= 11 is 0. The molecule has 258 valence electrons. The Morgan fingerprint density at radius 2 is 1.39 bits per heavy atom. The maximum Gasteiger partial charge on any atom is 0.315 e. The summed E-state index contributed by atoms with van der Waals surface area (Å²) in [5.41, 5.74) is 9.42. The van der Waals surface area contributed by atoms with E-state index in [2.05, 4.69) is 50.6 Å². The van der Waals surface area contributed by atoms with Crippen molar-refractivity contribution in [1.29, 1.82) is 0 Å². The van der Waals surface area contributed by atoms with Crippen LogP contribution in [0.1, 0.15) is 122 Å². The molecule has 1 aliphatic rings. The lowest BCUT2D eigenvalue weighted by molar-refractivity contribution is -0.143. The van der Waals surface area contributed by atoms with Gasteiger partial charge in [0.25, 0.3) is 5.91 Å². The molecule has 1 saturated heterocycles. The third kappa shape index (κ3) is 20.7. The van der Waals surface area contributed by atoms with Crippen molar-refractivity contribution >= 4 is 35.4 Å². The van der Waals surface area contributed by atoms with Gasteiger partial charge < -0.3 is 32.3 Å². The van der Waals surface area contributed by atoms with Gasteiger partial charge in [0.2, 0.25) is 23.5 Å². The zero-order valence-electron chi connectivity index (χ0n) is 29.6. The van der Waals surface area contributed by atoms with Crippen LogP contribution in [0.5, 0.6) is 0 Å². The van der Waals surface area contributed by atoms with E-state index in [9.17, 15) is 28.8 Å². The van der Waals surface area contributed by atoms with Crippen LogP contribution in [0.3, 0.4) is 0 Å². The van der Waals surface area contributed by atoms with E-state index in [4.69, 9.17) is 11.5 Å². The lowest BCUT2D eigenvalue weighted by atomic mass is 9.85. The Labute approximate surface area is 266 Å². The first-order valence-electron chi connectivity index (χ1n) is 16.1. The zero-order chi connectivity index (χ0) is 35.2. The summed E-state index contributed by atoms with van der Waals surface area (Å²) in [6.45, 7) is 23.7. The van der Waals surface area contributed by atoms with E-state index in [1.54, 1.807) is 20.8 Å². The number of nitrogens with one attached hydrogen (secondary N) is 3. The van der Waals surface area contributed by atoms with Crippen molar-refractivity contribution < 1.29 is 28.8 Å². The van der Waals surface area contributed by atoms with Crippen molar-refractivity contribution in [3.05, 3.63) is 0 Å². The van der Waals surface area contributed by atoms with Gasteiger partial charge in [-0.05, 0) is 36.5 Å². The molecule has 0 aliphatic carbocycles. The molecule has 1 heterocycles. The Kier molecular flexibility index (Phi) is 24.9. The first kappa shape index (κ1) is 45.3. The molecule has 0 spiro atoms. The number of hydrogen-bond acceptors (Lipinski definition) is 6. The first-order chi connectivity index (χ1) is 20.3. The number of rotatable bonds is 12. The van der Waals surface area contributed by atoms with Crippen LogP contribution in [-0.4, -0.2) is 71.6 Å². The molecule has 1 aliphatic heterocycles. The second kappa shape index (κ2) is 24.2. The Bertz CT molecular complexity index is 880. The molecule has 44 heavy (non-hydrogen) atoms. The highest BCUT2D eigenvalue weighted by atomic mass is 16.2. The van der Waals surface area contributed by atoms with Crippen molar-refractivity contribution in [1.82, 2.24) is 20.9 Å². The molecule has 3 atom stereocenters. The van der Waals surface area contributed by atoms with Crippen molar-refractivity contribution in [3.63, 3.8) is 0 Å². The maximum absolute atomic E-state index is 13.4. The number of hydrogen-bond donors (Lipinski definition) is 5. The van der Waals surface area contributed by atoms with Crippen molar-refractivity contribution in [3.8, 4) is 0 Å². The first-order valence-corrected chi connectivity index (χ1v) is 16.1. The molecule has 0 saturated carbocycles. The fraction of sp³-hybridized carbons (Fsp3) is 0.812. The minimum absolute atomic E-state index is 0.00768. The van der Waals surface area contributed by atoms with Crippen LogP contribution in [0.15, 0.2) is 0 Å². The predicted molar refractivity (Wildman–Crippen MR) is 176 cm³/mol. The number of unbranched alkanes of at least 4 members (excludes halogenated alkanes) is 2. The number of Topliss-reactive ketones (excluding diaryl/α,β-unsaturated/α-hetero) is 1. The smallest absolute Gasteiger partial charge is 0.315 e. The van der Waals surface area contributed by atoms with E-state index in [0.29, 0.717) is 12.8 Å². The summed E-state index contributed by atoms with van der Waals surface area (Å²) in [4.78, 5) is 74.3. The molecule has 12 nitrogen and oxygen atoms in total. The fourth-order valence-corrected chi connectivity index (χ4v) is 3.96. The topological polar surface area (TPSA) is 194 Å². The standard InChI is InChI=1S/C21H36N6O6.C5H12.C4H10.C2H6/c1-11(2)9-12(15(29)17(23)30)25-18(31)13-7-6-8-27(13)19(32)16(21(3,4)5)26-20(33)24-10-14(22)28;1-3-5-4-2;1-4(2)3;1-2/h11-13,16H,6-10H2,1-5H3,(H2,22,28)(H2,23,30)(H,25,31)(H2,24,26,33);3-5H2,1-2H3;4H,1-3H3;1-2H3. The summed E-state index contributed by atoms with van der Waals surface area (Å²) in [7, 11) is 0. The van der Waals surface area contributed by atoms with E-state index >= 15 is 0 Å². The monoisotopic (exact) mass is 628 g/mol. The number of nitrogens with zero attached hydrogens (tertiary/aromatic N) is 1. The molecule has 0 aromatic heterocycles. The molecule has 3 unspecified atom stereocenters. The molecule has 7 N–H and O–H groups in total. The van der Waals surface area contributed by atoms with Crippen LogP contribution in [0.25, 0.3) is 0 Å². The highest BCUT2D eigenvalue weighted by molar-refractivity contribution is 6.37. The quantitative estimate of drug-likeness (QED) is 0.205. The summed E-state index contributed by atoms with van der Waals surface area (Å²) < 4.78 is 0. The van der Waals surface area contributed by atoms with Gasteiger partial charge in [-0.1, -0.05) is 102 Å². The van der Waals surface area contributed by atoms with Gasteiger partial charge in [-0.15, -0.1) is 0 Å². The highest BCUT2D eigenvalue weighted by Crippen LogP contribution is 2.26. The Morgan fingerprint density at radius 1 is 0.886 bits per heavy atom. The lowest BCUT2D eigenvalue weighted by Gasteiger charge is -2.35. The highest BCUT2D eigenvalue weighted by Gasteiger charge is 2.42. The summed E-state index contributed by atoms with van der Waals surface area (Å²) in [5.74, 6) is -2.97. The average Bonchev–Trinajstić information content (AvgIpc) is 3.40. The average molecular weight is 629 g/mol. The molecular formula is C32H64N6O6. The summed E-state index contributed by atoms with van der Waals surface area (Å²) in [6.07, 6.45) is 5.21. The zero-order valence-corrected chi connectivity index (χ0v) is 29.6. The number of nitrogens with two attached hydrogens (primary N) is 2. The molecule has 0 bridgehead atoms. The largest absolute Gasteiger partial charge is 0.368 e. The molecule has 0 radical (unpaired) electrons. The van der Waals surface area contributed by atoms with Gasteiger partial charge in [0.15, 0.2) is 0 Å². The van der Waals surface area contributed by atoms with Crippen LogP contribution in [-0.2, 0) is 24.0 Å². The van der Waals surface area contributed by atoms with Crippen LogP contribution >= 0.6 is 0 Å². The molecule has 0 aromatic carbocycles. The Morgan fingerprint density at radius 3 is 1.75 bits per heavy atom. The van der Waals surface area contributed by atoms with E-state index in [-0.39, 0.29) is 18.9 Å². The number of likely N-dealkylation sites (tertiary alicyclic amines) is 1. The van der Waals surface area contributed by atoms with Crippen molar-refractivity contribution in [2.45, 2.75) is 140 Å².